The number of aliphatic hydroxyl groups excluding tert-OH is 1. The Morgan fingerprint density at radius 3 is 1.72 bits per heavy atom. The highest BCUT2D eigenvalue weighted by Crippen LogP contribution is 2.09. The molecule has 0 aromatic rings. The summed E-state index contributed by atoms with van der Waals surface area (Å²) in [5.74, 6) is 0. The Balaban J connectivity index is 3.31. The lowest BCUT2D eigenvalue weighted by atomic mass is 10.1. The molecule has 2 heteroatoms. The van der Waals surface area contributed by atoms with Crippen molar-refractivity contribution in [3.05, 3.63) is 0 Å². The molecule has 0 heterocycles. The molecule has 0 rings (SSSR count). The Morgan fingerprint density at radius 1 is 0.611 bits per heavy atom. The minimum atomic E-state index is 0.331. The van der Waals surface area contributed by atoms with E-state index in [1.807, 2.05) is 0 Å². The molecule has 0 aliphatic rings. The topological polar surface area (TPSA) is 23.5 Å². The lowest BCUT2D eigenvalue weighted by Crippen LogP contribution is -2.27. The van der Waals surface area contributed by atoms with Crippen LogP contribution in [0, 0.1) is 0 Å². The molecule has 0 bridgehead atoms. The predicted molar refractivity (Wildman–Crippen MR) is 81.0 cm³/mol. The van der Waals surface area contributed by atoms with Gasteiger partial charge in [0.1, 0.15) is 0 Å². The summed E-state index contributed by atoms with van der Waals surface area (Å²) in [7, 11) is 0. The molecule has 110 valence electrons. The van der Waals surface area contributed by atoms with Crippen molar-refractivity contribution in [1.29, 1.82) is 0 Å². The molecule has 0 aliphatic carbocycles. The first kappa shape index (κ1) is 17.9. The zero-order valence-corrected chi connectivity index (χ0v) is 12.8. The molecule has 0 aromatic carbocycles. The molecule has 0 saturated carbocycles. The lowest BCUT2D eigenvalue weighted by molar-refractivity contribution is 0.220. The van der Waals surface area contributed by atoms with Gasteiger partial charge < -0.3 is 10.0 Å². The van der Waals surface area contributed by atoms with Gasteiger partial charge in [0.25, 0.3) is 0 Å². The molecule has 18 heavy (non-hydrogen) atoms. The first-order valence-corrected chi connectivity index (χ1v) is 8.18. The highest BCUT2D eigenvalue weighted by Gasteiger charge is 2.02. The first-order chi connectivity index (χ1) is 8.85. The summed E-state index contributed by atoms with van der Waals surface area (Å²) in [6, 6.07) is 0. The molecule has 0 saturated heterocycles. The predicted octanol–water partition coefficient (Wildman–Crippen LogP) is 4.22. The third-order valence-electron chi connectivity index (χ3n) is 3.50. The van der Waals surface area contributed by atoms with Crippen LogP contribution in [0.15, 0.2) is 0 Å². The van der Waals surface area contributed by atoms with Gasteiger partial charge in [-0.2, -0.15) is 0 Å². The maximum absolute atomic E-state index is 8.87. The highest BCUT2D eigenvalue weighted by atomic mass is 16.3. The third kappa shape index (κ3) is 12.4. The summed E-state index contributed by atoms with van der Waals surface area (Å²) in [5.41, 5.74) is 0. The molecular formula is C16H35NO. The fourth-order valence-corrected chi connectivity index (χ4v) is 2.42. The van der Waals surface area contributed by atoms with Crippen LogP contribution >= 0.6 is 0 Å². The van der Waals surface area contributed by atoms with E-state index < -0.39 is 0 Å². The second-order valence-electron chi connectivity index (χ2n) is 5.39. The molecule has 0 unspecified atom stereocenters. The average molecular weight is 257 g/mol. The van der Waals surface area contributed by atoms with Crippen molar-refractivity contribution < 1.29 is 5.11 Å². The zero-order valence-electron chi connectivity index (χ0n) is 12.8. The van der Waals surface area contributed by atoms with E-state index in [4.69, 9.17) is 5.11 Å². The average Bonchev–Trinajstić information content (AvgIpc) is 2.39. The molecule has 0 fully saturated rings. The van der Waals surface area contributed by atoms with Crippen molar-refractivity contribution in [2.75, 3.05) is 26.2 Å². The molecule has 0 spiro atoms. The normalized spacial score (nSPS) is 11.3. The third-order valence-corrected chi connectivity index (χ3v) is 3.50. The van der Waals surface area contributed by atoms with Crippen LogP contribution in [-0.2, 0) is 0 Å². The van der Waals surface area contributed by atoms with Crippen LogP contribution < -0.4 is 0 Å². The van der Waals surface area contributed by atoms with E-state index in [9.17, 15) is 0 Å². The number of hydrogen-bond donors (Lipinski definition) is 1. The van der Waals surface area contributed by atoms with Crippen LogP contribution in [0.3, 0.4) is 0 Å². The Morgan fingerprint density at radius 2 is 1.17 bits per heavy atom. The van der Waals surface area contributed by atoms with Crippen molar-refractivity contribution in [3.63, 3.8) is 0 Å². The van der Waals surface area contributed by atoms with Gasteiger partial charge in [0.2, 0.25) is 0 Å². The molecule has 1 N–H and O–H groups in total. The second kappa shape index (κ2) is 15.0. The maximum Gasteiger partial charge on any atom is 0.0443 e. The van der Waals surface area contributed by atoms with Gasteiger partial charge in [0, 0.05) is 13.2 Å². The second-order valence-corrected chi connectivity index (χ2v) is 5.39. The van der Waals surface area contributed by atoms with Crippen LogP contribution in [0.2, 0.25) is 0 Å². The van der Waals surface area contributed by atoms with Crippen molar-refractivity contribution in [1.82, 2.24) is 4.90 Å². The van der Waals surface area contributed by atoms with Gasteiger partial charge in [-0.15, -0.1) is 0 Å². The fourth-order valence-electron chi connectivity index (χ4n) is 2.42. The smallest absolute Gasteiger partial charge is 0.0443 e. The highest BCUT2D eigenvalue weighted by molar-refractivity contribution is 4.57. The molecule has 2 nitrogen and oxygen atoms in total. The number of nitrogens with zero attached hydrogens (tertiary/aromatic N) is 1. The van der Waals surface area contributed by atoms with Gasteiger partial charge in [0.15, 0.2) is 0 Å². The first-order valence-electron chi connectivity index (χ1n) is 8.18. The SMILES string of the molecule is CCCCCCCCCCN(CCC)CCCO. The van der Waals surface area contributed by atoms with Crippen LogP contribution in [0.1, 0.15) is 78.1 Å². The minimum Gasteiger partial charge on any atom is -0.396 e. The Hall–Kier alpha value is -0.0800. The van der Waals surface area contributed by atoms with Crippen molar-refractivity contribution in [2.45, 2.75) is 78.1 Å². The van der Waals surface area contributed by atoms with E-state index in [2.05, 4.69) is 18.7 Å². The van der Waals surface area contributed by atoms with E-state index in [0.29, 0.717) is 6.61 Å². The fraction of sp³-hybridized carbons (Fsp3) is 1.00. The standard InChI is InChI=1S/C16H35NO/c1-3-5-6-7-8-9-10-11-14-17(13-4-2)15-12-16-18/h18H,3-16H2,1-2H3. The summed E-state index contributed by atoms with van der Waals surface area (Å²) in [6.07, 6.45) is 13.3. The van der Waals surface area contributed by atoms with Crippen LogP contribution in [-0.4, -0.2) is 36.2 Å². The van der Waals surface area contributed by atoms with Gasteiger partial charge >= 0.3 is 0 Å². The Bertz CT molecular complexity index is 150. The van der Waals surface area contributed by atoms with Crippen molar-refractivity contribution >= 4 is 0 Å². The molecule has 0 atom stereocenters. The van der Waals surface area contributed by atoms with E-state index in [1.54, 1.807) is 0 Å². The van der Waals surface area contributed by atoms with Gasteiger partial charge in [-0.25, -0.2) is 0 Å². The van der Waals surface area contributed by atoms with Gasteiger partial charge in [-0.05, 0) is 32.4 Å². The Kier molecular flexibility index (Phi) is 14.9. The number of unbranched alkanes of at least 4 members (excludes halogenated alkanes) is 7. The number of rotatable bonds is 14. The van der Waals surface area contributed by atoms with Crippen LogP contribution in [0.25, 0.3) is 0 Å². The van der Waals surface area contributed by atoms with E-state index in [0.717, 1.165) is 13.0 Å². The number of hydrogen-bond acceptors (Lipinski definition) is 2. The van der Waals surface area contributed by atoms with E-state index in [-0.39, 0.29) is 0 Å². The van der Waals surface area contributed by atoms with Gasteiger partial charge in [-0.1, -0.05) is 58.8 Å². The Labute approximate surface area is 115 Å². The molecular weight excluding hydrogens is 222 g/mol. The maximum atomic E-state index is 8.87. The molecule has 0 aromatic heterocycles. The van der Waals surface area contributed by atoms with Crippen molar-refractivity contribution in [3.8, 4) is 0 Å². The minimum absolute atomic E-state index is 0.331. The molecule has 0 aliphatic heterocycles. The summed E-state index contributed by atoms with van der Waals surface area (Å²) in [6.45, 7) is 8.33. The largest absolute Gasteiger partial charge is 0.396 e. The number of aliphatic hydroxyl groups is 1. The van der Waals surface area contributed by atoms with E-state index >= 15 is 0 Å². The molecule has 0 amide bonds. The summed E-state index contributed by atoms with van der Waals surface area (Å²) >= 11 is 0. The molecule has 0 radical (unpaired) electrons. The van der Waals surface area contributed by atoms with Gasteiger partial charge in [0.05, 0.1) is 0 Å². The van der Waals surface area contributed by atoms with Crippen LogP contribution in [0.4, 0.5) is 0 Å². The lowest BCUT2D eigenvalue weighted by Gasteiger charge is -2.21. The van der Waals surface area contributed by atoms with E-state index in [1.165, 1.54) is 70.9 Å². The van der Waals surface area contributed by atoms with Gasteiger partial charge in [-0.3, -0.25) is 0 Å². The quantitative estimate of drug-likeness (QED) is 0.471. The summed E-state index contributed by atoms with van der Waals surface area (Å²) in [4.78, 5) is 2.51. The van der Waals surface area contributed by atoms with Crippen molar-refractivity contribution in [2.24, 2.45) is 0 Å². The van der Waals surface area contributed by atoms with Crippen LogP contribution in [0.5, 0.6) is 0 Å². The summed E-state index contributed by atoms with van der Waals surface area (Å²) < 4.78 is 0. The zero-order chi connectivity index (χ0) is 13.5. The summed E-state index contributed by atoms with van der Waals surface area (Å²) in [5, 5.41) is 8.87. The monoisotopic (exact) mass is 257 g/mol.